The monoisotopic (exact) mass is 376 g/mol. The topological polar surface area (TPSA) is 127 Å². The predicted octanol–water partition coefficient (Wildman–Crippen LogP) is 3.82. The molecule has 0 saturated carbocycles. The van der Waals surface area contributed by atoms with E-state index >= 15 is 0 Å². The minimum Gasteiger partial charge on any atom is -0.507 e. The van der Waals surface area contributed by atoms with Crippen LogP contribution in [0.1, 0.15) is 56.1 Å². The highest BCUT2D eigenvalue weighted by Gasteiger charge is 2.30. The Hall–Kier alpha value is -3.09. The first kappa shape index (κ1) is 20.2. The van der Waals surface area contributed by atoms with Crippen molar-refractivity contribution < 1.29 is 35.1 Å². The van der Waals surface area contributed by atoms with Crippen LogP contribution >= 0.6 is 0 Å². The van der Waals surface area contributed by atoms with Crippen LogP contribution in [0, 0.1) is 0 Å². The number of aromatic carboxylic acids is 1. The fraction of sp³-hybridized carbons (Fsp3) is 0.350. The molecule has 0 spiro atoms. The Labute approximate surface area is 157 Å². The van der Waals surface area contributed by atoms with E-state index < -0.39 is 28.6 Å². The summed E-state index contributed by atoms with van der Waals surface area (Å²) in [5.74, 6) is -3.39. The van der Waals surface area contributed by atoms with Crippen molar-refractivity contribution in [3.8, 4) is 28.7 Å². The summed E-state index contributed by atoms with van der Waals surface area (Å²) in [7, 11) is 0. The van der Waals surface area contributed by atoms with Crippen molar-refractivity contribution in [2.24, 2.45) is 0 Å². The van der Waals surface area contributed by atoms with Crippen molar-refractivity contribution in [2.45, 2.75) is 45.6 Å². The summed E-state index contributed by atoms with van der Waals surface area (Å²) in [5, 5.41) is 49.5. The number of hydrogen-bond donors (Lipinski definition) is 5. The fourth-order valence-corrected chi connectivity index (χ4v) is 2.63. The van der Waals surface area contributed by atoms with E-state index in [1.54, 1.807) is 13.8 Å². The maximum atomic E-state index is 11.1. The molecule has 0 aliphatic heterocycles. The third-order valence-corrected chi connectivity index (χ3v) is 4.28. The van der Waals surface area contributed by atoms with E-state index in [9.17, 15) is 25.2 Å². The fourth-order valence-electron chi connectivity index (χ4n) is 2.63. The molecule has 2 aromatic carbocycles. The van der Waals surface area contributed by atoms with Crippen LogP contribution in [-0.2, 0) is 11.0 Å². The minimum atomic E-state index is -1.47. The first-order valence-electron chi connectivity index (χ1n) is 8.29. The van der Waals surface area contributed by atoms with E-state index in [1.165, 1.54) is 12.1 Å². The maximum Gasteiger partial charge on any atom is 0.343 e. The molecule has 0 aromatic heterocycles. The number of hydrogen-bond acceptors (Lipinski definition) is 6. The molecule has 0 radical (unpaired) electrons. The average Bonchev–Trinajstić information content (AvgIpc) is 2.48. The van der Waals surface area contributed by atoms with Crippen LogP contribution in [0.4, 0.5) is 0 Å². The van der Waals surface area contributed by atoms with Gasteiger partial charge in [0.25, 0.3) is 0 Å². The number of carbonyl (C=O) groups is 1. The number of ether oxygens (including phenoxy) is 1. The molecule has 7 nitrogen and oxygen atoms in total. The van der Waals surface area contributed by atoms with Gasteiger partial charge in [-0.05, 0) is 49.1 Å². The van der Waals surface area contributed by atoms with Crippen LogP contribution in [0.15, 0.2) is 24.3 Å². The van der Waals surface area contributed by atoms with E-state index in [0.717, 1.165) is 12.1 Å². The Balaban J connectivity index is 2.47. The molecule has 0 aliphatic rings. The second-order valence-electron chi connectivity index (χ2n) is 7.90. The van der Waals surface area contributed by atoms with Gasteiger partial charge < -0.3 is 30.3 Å². The standard InChI is InChI=1S/C20H24O7/c1-19(2,3)10-6-14(23)17(15(24)7-10)27-20(4,5)11-8-12(21)16(18(25)26)13(22)9-11/h6-9,21-24H,1-5H3,(H,25,26). The summed E-state index contributed by atoms with van der Waals surface area (Å²) in [6.45, 7) is 8.96. The molecule has 0 atom stereocenters. The van der Waals surface area contributed by atoms with Crippen LogP contribution in [0.3, 0.4) is 0 Å². The largest absolute Gasteiger partial charge is 0.507 e. The van der Waals surface area contributed by atoms with Crippen molar-refractivity contribution in [3.63, 3.8) is 0 Å². The van der Waals surface area contributed by atoms with Gasteiger partial charge in [-0.15, -0.1) is 0 Å². The molecule has 0 fully saturated rings. The molecule has 2 rings (SSSR count). The molecule has 27 heavy (non-hydrogen) atoms. The number of phenolic OH excluding ortho intramolecular Hbond substituents is 2. The van der Waals surface area contributed by atoms with E-state index in [1.807, 2.05) is 20.8 Å². The van der Waals surface area contributed by atoms with Gasteiger partial charge in [0.05, 0.1) is 0 Å². The van der Waals surface area contributed by atoms with E-state index in [-0.39, 0.29) is 28.2 Å². The van der Waals surface area contributed by atoms with Gasteiger partial charge in [-0.1, -0.05) is 20.8 Å². The number of carboxylic acid groups (broad SMARTS) is 1. The van der Waals surface area contributed by atoms with E-state index in [2.05, 4.69) is 0 Å². The van der Waals surface area contributed by atoms with Crippen LogP contribution < -0.4 is 4.74 Å². The summed E-state index contributed by atoms with van der Waals surface area (Å²) in [6, 6.07) is 5.29. The van der Waals surface area contributed by atoms with Gasteiger partial charge in [0.15, 0.2) is 11.5 Å². The Bertz CT molecular complexity index is 846. The Kier molecular flexibility index (Phi) is 4.92. The SMILES string of the molecule is CC(C)(C)c1cc(O)c(OC(C)(C)c2cc(O)c(C(=O)O)c(O)c2)c(O)c1. The molecular formula is C20H24O7. The number of phenols is 4. The quantitative estimate of drug-likeness (QED) is 0.549. The molecule has 0 heterocycles. The smallest absolute Gasteiger partial charge is 0.343 e. The third kappa shape index (κ3) is 4.02. The average molecular weight is 376 g/mol. The zero-order valence-corrected chi connectivity index (χ0v) is 15.9. The lowest BCUT2D eigenvalue weighted by Crippen LogP contribution is -2.25. The summed E-state index contributed by atoms with van der Waals surface area (Å²) in [4.78, 5) is 11.1. The minimum absolute atomic E-state index is 0.158. The second-order valence-corrected chi connectivity index (χ2v) is 7.90. The molecule has 2 aromatic rings. The number of aromatic hydroxyl groups is 4. The normalized spacial score (nSPS) is 12.0. The second kappa shape index (κ2) is 6.57. The Morgan fingerprint density at radius 2 is 1.19 bits per heavy atom. The lowest BCUT2D eigenvalue weighted by atomic mass is 9.86. The lowest BCUT2D eigenvalue weighted by Gasteiger charge is -2.29. The van der Waals surface area contributed by atoms with Crippen molar-refractivity contribution in [1.82, 2.24) is 0 Å². The highest BCUT2D eigenvalue weighted by molar-refractivity contribution is 5.94. The van der Waals surface area contributed by atoms with Gasteiger partial charge in [0.2, 0.25) is 5.75 Å². The number of rotatable bonds is 4. The maximum absolute atomic E-state index is 11.1. The van der Waals surface area contributed by atoms with Gasteiger partial charge in [0, 0.05) is 5.56 Å². The molecule has 146 valence electrons. The van der Waals surface area contributed by atoms with Gasteiger partial charge in [0.1, 0.15) is 22.7 Å². The first-order valence-corrected chi connectivity index (χ1v) is 8.29. The highest BCUT2D eigenvalue weighted by atomic mass is 16.5. The molecule has 5 N–H and O–H groups in total. The van der Waals surface area contributed by atoms with Gasteiger partial charge in [-0.25, -0.2) is 4.79 Å². The van der Waals surface area contributed by atoms with Crippen molar-refractivity contribution in [2.75, 3.05) is 0 Å². The van der Waals surface area contributed by atoms with Gasteiger partial charge in [-0.2, -0.15) is 0 Å². The van der Waals surface area contributed by atoms with Crippen LogP contribution in [0.2, 0.25) is 0 Å². The highest BCUT2D eigenvalue weighted by Crippen LogP contribution is 2.44. The van der Waals surface area contributed by atoms with Crippen molar-refractivity contribution >= 4 is 5.97 Å². The molecule has 0 bridgehead atoms. The Morgan fingerprint density at radius 3 is 1.56 bits per heavy atom. The summed E-state index contributed by atoms with van der Waals surface area (Å²) in [6.07, 6.45) is 0. The molecular weight excluding hydrogens is 352 g/mol. The van der Waals surface area contributed by atoms with Gasteiger partial charge >= 0.3 is 5.97 Å². The summed E-state index contributed by atoms with van der Waals surface area (Å²) < 4.78 is 5.76. The van der Waals surface area contributed by atoms with E-state index in [4.69, 9.17) is 9.84 Å². The molecule has 0 saturated heterocycles. The number of benzene rings is 2. The molecule has 7 heteroatoms. The van der Waals surface area contributed by atoms with Crippen LogP contribution in [-0.4, -0.2) is 31.5 Å². The van der Waals surface area contributed by atoms with Crippen molar-refractivity contribution in [3.05, 3.63) is 41.0 Å². The zero-order valence-electron chi connectivity index (χ0n) is 15.9. The Morgan fingerprint density at radius 1 is 0.778 bits per heavy atom. The summed E-state index contributed by atoms with van der Waals surface area (Å²) >= 11 is 0. The molecule has 0 aliphatic carbocycles. The van der Waals surface area contributed by atoms with Crippen LogP contribution in [0.25, 0.3) is 0 Å². The lowest BCUT2D eigenvalue weighted by molar-refractivity contribution is 0.0688. The first-order chi connectivity index (χ1) is 12.2. The summed E-state index contributed by atoms with van der Waals surface area (Å²) in [5.41, 5.74) is -1.17. The van der Waals surface area contributed by atoms with Crippen LogP contribution in [0.5, 0.6) is 28.7 Å². The predicted molar refractivity (Wildman–Crippen MR) is 98.9 cm³/mol. The zero-order chi connectivity index (χ0) is 20.7. The third-order valence-electron chi connectivity index (χ3n) is 4.28. The van der Waals surface area contributed by atoms with Gasteiger partial charge in [-0.3, -0.25) is 0 Å². The van der Waals surface area contributed by atoms with E-state index in [0.29, 0.717) is 5.56 Å². The molecule has 0 amide bonds. The molecule has 0 unspecified atom stereocenters. The number of carboxylic acids is 1. The van der Waals surface area contributed by atoms with Crippen molar-refractivity contribution in [1.29, 1.82) is 0 Å².